The second kappa shape index (κ2) is 10.9. The Labute approximate surface area is 205 Å². The molecule has 0 fully saturated rings. The molecule has 0 amide bonds. The van der Waals surface area contributed by atoms with E-state index < -0.39 is 62.1 Å². The molecule has 0 aliphatic carbocycles. The number of alkyl halides is 12. The molecule has 0 aromatic carbocycles. The maximum Gasteiger partial charge on any atom is 0.453 e. The minimum atomic E-state index is -7.09. The van der Waals surface area contributed by atoms with Gasteiger partial charge in [-0.05, 0) is 0 Å². The van der Waals surface area contributed by atoms with Crippen LogP contribution in [-0.2, 0) is 23.7 Å². The van der Waals surface area contributed by atoms with Crippen LogP contribution in [0, 0.1) is 0 Å². The zero-order valence-corrected chi connectivity index (χ0v) is 18.1. The van der Waals surface area contributed by atoms with E-state index in [0.717, 1.165) is 24.8 Å². The van der Waals surface area contributed by atoms with E-state index in [9.17, 15) is 62.3 Å². The van der Waals surface area contributed by atoms with Crippen molar-refractivity contribution in [2.45, 2.75) is 36.7 Å². The molecule has 0 radical (unpaired) electrons. The van der Waals surface area contributed by atoms with Crippen molar-refractivity contribution in [3.63, 3.8) is 0 Å². The van der Waals surface area contributed by atoms with Crippen LogP contribution in [0.15, 0.2) is 37.4 Å². The van der Waals surface area contributed by atoms with E-state index in [2.05, 4.69) is 28.9 Å². The van der Waals surface area contributed by atoms with Gasteiger partial charge in [-0.3, -0.25) is 0 Å². The van der Waals surface area contributed by atoms with Crippen LogP contribution in [0.25, 0.3) is 0 Å². The summed E-state index contributed by atoms with van der Waals surface area (Å²) in [5, 5.41) is 0. The first kappa shape index (κ1) is 31.6. The van der Waals surface area contributed by atoms with E-state index in [4.69, 9.17) is 0 Å². The molecule has 0 N–H and O–H groups in total. The van der Waals surface area contributed by atoms with Gasteiger partial charge in [0.25, 0.3) is 0 Å². The highest BCUT2D eigenvalue weighted by Gasteiger charge is 2.74. The van der Waals surface area contributed by atoms with E-state index >= 15 is 0 Å². The first-order valence-corrected chi connectivity index (χ1v) is 9.27. The van der Waals surface area contributed by atoms with E-state index in [1.165, 1.54) is 0 Å². The summed E-state index contributed by atoms with van der Waals surface area (Å²) in [6, 6.07) is 0. The van der Waals surface area contributed by atoms with Crippen molar-refractivity contribution in [3.05, 3.63) is 37.4 Å². The quantitative estimate of drug-likeness (QED) is 0.329. The third kappa shape index (κ3) is 8.19. The van der Waals surface area contributed by atoms with Crippen LogP contribution in [-0.4, -0.2) is 81.2 Å². The molecule has 11 nitrogen and oxygen atoms in total. The number of hydrogen-bond acceptors (Lipinski definition) is 9. The molecule has 0 saturated carbocycles. The van der Waals surface area contributed by atoms with Crippen molar-refractivity contribution in [1.29, 1.82) is 0 Å². The highest BCUT2D eigenvalue weighted by Crippen LogP contribution is 2.48. The van der Waals surface area contributed by atoms with Crippen LogP contribution in [0.2, 0.25) is 0 Å². The van der Waals surface area contributed by atoms with Crippen molar-refractivity contribution >= 4 is 12.2 Å². The predicted molar refractivity (Wildman–Crippen MR) is 90.9 cm³/mol. The minimum Gasteiger partial charge on any atom is -0.440 e. The van der Waals surface area contributed by atoms with E-state index in [1.807, 2.05) is 4.74 Å². The molecule has 0 unspecified atom stereocenters. The summed E-state index contributed by atoms with van der Waals surface area (Å²) in [6.07, 6.45) is -37.8. The van der Waals surface area contributed by atoms with E-state index in [-0.39, 0.29) is 0 Å². The average Bonchev–Trinajstić information content (AvgIpc) is 3.48. The van der Waals surface area contributed by atoms with Crippen LogP contribution >= 0.6 is 0 Å². The number of carbonyl (C=O) groups excluding carboxylic acids is 2. The third-order valence-electron chi connectivity index (χ3n) is 3.65. The maximum absolute atomic E-state index is 13.5. The van der Waals surface area contributed by atoms with Crippen molar-refractivity contribution in [3.8, 4) is 0 Å². The second-order valence-electron chi connectivity index (χ2n) is 6.70. The molecule has 0 spiro atoms. The van der Waals surface area contributed by atoms with Crippen molar-refractivity contribution in [2.24, 2.45) is 0 Å². The molecule has 0 aliphatic heterocycles. The summed E-state index contributed by atoms with van der Waals surface area (Å²) in [5.74, 6) is 0. The first-order valence-electron chi connectivity index (χ1n) is 9.27. The van der Waals surface area contributed by atoms with E-state index in [1.54, 1.807) is 0 Å². The molecule has 0 saturated heterocycles. The number of rotatable bonds is 12. The summed E-state index contributed by atoms with van der Waals surface area (Å²) >= 11 is 0. The maximum atomic E-state index is 13.5. The summed E-state index contributed by atoms with van der Waals surface area (Å²) in [6.45, 7) is -5.09. The fraction of sp³-hybridized carbons (Fsp3) is 0.500. The Morgan fingerprint density at radius 1 is 0.564 bits per heavy atom. The van der Waals surface area contributed by atoms with Crippen LogP contribution in [0.5, 0.6) is 0 Å². The van der Waals surface area contributed by atoms with Crippen LogP contribution in [0.4, 0.5) is 62.3 Å². The number of nitrogens with zero attached hydrogens (tertiary/aromatic N) is 4. The number of carbonyl (C=O) groups is 2. The summed E-state index contributed by atoms with van der Waals surface area (Å²) in [4.78, 5) is 29.2. The van der Waals surface area contributed by atoms with Gasteiger partial charge in [0.05, 0.1) is 0 Å². The molecule has 2 rings (SSSR count). The third-order valence-corrected chi connectivity index (χ3v) is 3.65. The summed E-state index contributed by atoms with van der Waals surface area (Å²) in [7, 11) is 0. The fourth-order valence-corrected chi connectivity index (χ4v) is 2.01. The zero-order valence-electron chi connectivity index (χ0n) is 18.1. The predicted octanol–water partition coefficient (Wildman–Crippen LogP) is 4.36. The Bertz CT molecular complexity index is 1030. The Hall–Kier alpha value is -3.60. The van der Waals surface area contributed by atoms with Gasteiger partial charge in [0, 0.05) is 24.8 Å². The number of imidazole rings is 2. The molecule has 0 aliphatic rings. The summed E-state index contributed by atoms with van der Waals surface area (Å²) in [5.41, 5.74) is 0. The molecular weight excluding hydrogens is 588 g/mol. The highest BCUT2D eigenvalue weighted by atomic mass is 19.4. The van der Waals surface area contributed by atoms with Gasteiger partial charge in [0.2, 0.25) is 0 Å². The van der Waals surface area contributed by atoms with Gasteiger partial charge in [-0.25, -0.2) is 42.9 Å². The minimum absolute atomic E-state index is 0.350. The van der Waals surface area contributed by atoms with Crippen LogP contribution in [0.3, 0.4) is 0 Å². The molecule has 23 heteroatoms. The number of hydrogen-bond donors (Lipinski definition) is 0. The molecule has 0 bridgehead atoms. The van der Waals surface area contributed by atoms with Crippen LogP contribution in [0.1, 0.15) is 0 Å². The lowest BCUT2D eigenvalue weighted by atomic mass is 10.5. The Morgan fingerprint density at radius 2 is 0.872 bits per heavy atom. The summed E-state index contributed by atoms with van der Waals surface area (Å²) < 4.78 is 177. The van der Waals surface area contributed by atoms with Gasteiger partial charge >= 0.3 is 48.8 Å². The second-order valence-corrected chi connectivity index (χ2v) is 6.70. The normalized spacial score (nSPS) is 13.8. The lowest BCUT2D eigenvalue weighted by Crippen LogP contribution is -2.58. The zero-order chi connectivity index (χ0) is 29.9. The number of aromatic nitrogens is 4. The van der Waals surface area contributed by atoms with Crippen molar-refractivity contribution in [1.82, 2.24) is 19.1 Å². The molecule has 0 atom stereocenters. The lowest BCUT2D eigenvalue weighted by molar-refractivity contribution is -0.558. The van der Waals surface area contributed by atoms with Crippen LogP contribution < -0.4 is 0 Å². The Kier molecular flexibility index (Phi) is 8.82. The first-order chi connectivity index (χ1) is 17.6. The number of ether oxygens (including phenoxy) is 5. The SMILES string of the molecule is O=C(OCC(F)(F)OC(F)(F)C(F)(F)OC(F)(F)C(F)(F)OC(F)(F)COC(=O)n1ccnc1)n1ccnc1. The standard InChI is InChI=1S/C16H10F12N4O7/c17-11(18,5-35-9(33)31-3-1-29-7-31)37-13(21,22)15(25,26)39-16(27,28)14(23,24)38-12(19,20)6-36-10(34)32-4-2-30-8-32/h1-4,7-8H,5-6H2. The largest absolute Gasteiger partial charge is 0.453 e. The van der Waals surface area contributed by atoms with Crippen molar-refractivity contribution < 1.29 is 86.0 Å². The van der Waals surface area contributed by atoms with E-state index in [0.29, 0.717) is 21.8 Å². The number of halogens is 12. The van der Waals surface area contributed by atoms with Gasteiger partial charge in [0.15, 0.2) is 13.2 Å². The highest BCUT2D eigenvalue weighted by molar-refractivity contribution is 5.70. The topological polar surface area (TPSA) is 116 Å². The Balaban J connectivity index is 2.04. The van der Waals surface area contributed by atoms with Gasteiger partial charge in [-0.1, -0.05) is 0 Å². The fourth-order valence-electron chi connectivity index (χ4n) is 2.01. The molecule has 2 aromatic heterocycles. The average molecular weight is 598 g/mol. The van der Waals surface area contributed by atoms with Gasteiger partial charge in [-0.2, -0.15) is 52.7 Å². The Morgan fingerprint density at radius 3 is 1.15 bits per heavy atom. The van der Waals surface area contributed by atoms with Gasteiger partial charge in [0.1, 0.15) is 12.7 Å². The molecule has 39 heavy (non-hydrogen) atoms. The molecule has 220 valence electrons. The van der Waals surface area contributed by atoms with Gasteiger partial charge < -0.3 is 9.47 Å². The molecule has 2 aromatic rings. The smallest absolute Gasteiger partial charge is 0.440 e. The molecule has 2 heterocycles. The molecular formula is C16H10F12N4O7. The van der Waals surface area contributed by atoms with Crippen molar-refractivity contribution in [2.75, 3.05) is 13.2 Å². The monoisotopic (exact) mass is 598 g/mol. The van der Waals surface area contributed by atoms with Gasteiger partial charge in [-0.15, -0.1) is 0 Å². The lowest BCUT2D eigenvalue weighted by Gasteiger charge is -2.34.